The first-order valence-corrected chi connectivity index (χ1v) is 10.5. The maximum absolute atomic E-state index is 12.4. The highest BCUT2D eigenvalue weighted by atomic mass is 35.5. The van der Waals surface area contributed by atoms with E-state index in [1.54, 1.807) is 24.3 Å². The van der Waals surface area contributed by atoms with Crippen LogP contribution in [0.25, 0.3) is 0 Å². The van der Waals surface area contributed by atoms with Crippen molar-refractivity contribution in [3.05, 3.63) is 101 Å². The van der Waals surface area contributed by atoms with Crippen LogP contribution < -0.4 is 16.0 Å². The van der Waals surface area contributed by atoms with Crippen LogP contribution in [0.2, 0.25) is 5.02 Å². The number of rotatable bonds is 6. The van der Waals surface area contributed by atoms with Gasteiger partial charge in [0.25, 0.3) is 5.91 Å². The Morgan fingerprint density at radius 3 is 1.91 bits per heavy atom. The van der Waals surface area contributed by atoms with Crippen LogP contribution in [0.4, 0.5) is 28.7 Å². The summed E-state index contributed by atoms with van der Waals surface area (Å²) in [5, 5.41) is 9.97. The third-order valence-electron chi connectivity index (χ3n) is 4.66. The lowest BCUT2D eigenvalue weighted by Gasteiger charge is -2.11. The molecule has 1 aromatic heterocycles. The summed E-state index contributed by atoms with van der Waals surface area (Å²) >= 11 is 5.96. The Balaban J connectivity index is 1.43. The van der Waals surface area contributed by atoms with E-state index in [-0.39, 0.29) is 5.91 Å². The molecule has 0 unspecified atom stereocenters. The van der Waals surface area contributed by atoms with E-state index in [0.717, 1.165) is 11.4 Å². The lowest BCUT2D eigenvalue weighted by molar-refractivity contribution is 0.102. The highest BCUT2D eigenvalue weighted by molar-refractivity contribution is 6.31. The van der Waals surface area contributed by atoms with Gasteiger partial charge < -0.3 is 16.0 Å². The number of benzene rings is 3. The highest BCUT2D eigenvalue weighted by Gasteiger charge is 2.07. The number of amides is 1. The van der Waals surface area contributed by atoms with Crippen LogP contribution in [-0.2, 0) is 0 Å². The molecule has 6 nitrogen and oxygen atoms in total. The van der Waals surface area contributed by atoms with E-state index in [1.807, 2.05) is 61.5 Å². The number of carbonyl (C=O) groups is 1. The predicted molar refractivity (Wildman–Crippen MR) is 130 cm³/mol. The highest BCUT2D eigenvalue weighted by Crippen LogP contribution is 2.22. The standard InChI is InChI=1S/C25H22ClN5O/c1-16-6-8-20(9-7-16)29-23-15-24(28-17(2)27-23)30-21-10-12-22(13-11-21)31-25(32)18-4-3-5-19(26)14-18/h3-15H,1-2H3,(H,31,32)(H2,27,28,29,30). The molecule has 0 saturated heterocycles. The quantitative estimate of drug-likeness (QED) is 0.317. The topological polar surface area (TPSA) is 78.9 Å². The molecule has 0 aliphatic carbocycles. The van der Waals surface area contributed by atoms with E-state index < -0.39 is 0 Å². The Kier molecular flexibility index (Phi) is 6.33. The molecule has 1 amide bonds. The number of aryl methyl sites for hydroxylation is 2. The molecule has 160 valence electrons. The molecule has 0 bridgehead atoms. The molecule has 32 heavy (non-hydrogen) atoms. The van der Waals surface area contributed by atoms with Crippen LogP contribution in [0, 0.1) is 13.8 Å². The van der Waals surface area contributed by atoms with Crippen molar-refractivity contribution < 1.29 is 4.79 Å². The van der Waals surface area contributed by atoms with Gasteiger partial charge in [0.05, 0.1) is 0 Å². The second kappa shape index (κ2) is 9.49. The summed E-state index contributed by atoms with van der Waals surface area (Å²) in [4.78, 5) is 21.3. The van der Waals surface area contributed by atoms with Gasteiger partial charge in [-0.3, -0.25) is 4.79 Å². The summed E-state index contributed by atoms with van der Waals surface area (Å²) in [5.41, 5.74) is 4.18. The number of nitrogens with zero attached hydrogens (tertiary/aromatic N) is 2. The molecule has 1 heterocycles. The fourth-order valence-corrected chi connectivity index (χ4v) is 3.29. The Bertz CT molecular complexity index is 1240. The average Bonchev–Trinajstić information content (AvgIpc) is 2.76. The van der Waals surface area contributed by atoms with Gasteiger partial charge in [0.15, 0.2) is 0 Å². The Morgan fingerprint density at radius 2 is 1.31 bits per heavy atom. The fourth-order valence-electron chi connectivity index (χ4n) is 3.10. The van der Waals surface area contributed by atoms with Crippen LogP contribution in [0.15, 0.2) is 78.9 Å². The first kappa shape index (κ1) is 21.3. The van der Waals surface area contributed by atoms with Gasteiger partial charge in [-0.1, -0.05) is 35.4 Å². The Hall–Kier alpha value is -3.90. The molecule has 4 aromatic rings. The first-order valence-electron chi connectivity index (χ1n) is 10.1. The van der Waals surface area contributed by atoms with Gasteiger partial charge in [-0.25, -0.2) is 9.97 Å². The molecule has 0 aliphatic heterocycles. The van der Waals surface area contributed by atoms with E-state index in [1.165, 1.54) is 5.56 Å². The zero-order valence-corrected chi connectivity index (χ0v) is 18.4. The molecule has 0 saturated carbocycles. The van der Waals surface area contributed by atoms with E-state index in [4.69, 9.17) is 11.6 Å². The summed E-state index contributed by atoms with van der Waals surface area (Å²) in [7, 11) is 0. The molecule has 0 spiro atoms. The monoisotopic (exact) mass is 443 g/mol. The average molecular weight is 444 g/mol. The summed E-state index contributed by atoms with van der Waals surface area (Å²) < 4.78 is 0. The van der Waals surface area contributed by atoms with Gasteiger partial charge in [-0.2, -0.15) is 0 Å². The van der Waals surface area contributed by atoms with Crippen molar-refractivity contribution in [2.75, 3.05) is 16.0 Å². The van der Waals surface area contributed by atoms with E-state index in [9.17, 15) is 4.79 Å². The molecule has 3 aromatic carbocycles. The molecular formula is C25H22ClN5O. The maximum atomic E-state index is 12.4. The number of anilines is 5. The molecule has 0 fully saturated rings. The van der Waals surface area contributed by atoms with Gasteiger partial charge in [0.2, 0.25) is 0 Å². The molecule has 0 atom stereocenters. The van der Waals surface area contributed by atoms with Gasteiger partial charge >= 0.3 is 0 Å². The largest absolute Gasteiger partial charge is 0.340 e. The summed E-state index contributed by atoms with van der Waals surface area (Å²) in [5.74, 6) is 1.80. The molecule has 7 heteroatoms. The molecule has 4 rings (SSSR count). The minimum atomic E-state index is -0.216. The molecular weight excluding hydrogens is 422 g/mol. The van der Waals surface area contributed by atoms with Crippen molar-refractivity contribution >= 4 is 46.2 Å². The van der Waals surface area contributed by atoms with Gasteiger partial charge in [-0.15, -0.1) is 0 Å². The molecule has 0 radical (unpaired) electrons. The van der Waals surface area contributed by atoms with E-state index in [2.05, 4.69) is 32.8 Å². The lowest BCUT2D eigenvalue weighted by atomic mass is 10.2. The third-order valence-corrected chi connectivity index (χ3v) is 4.90. The SMILES string of the molecule is Cc1ccc(Nc2cc(Nc3ccc(NC(=O)c4cccc(Cl)c4)cc3)nc(C)n2)cc1. The number of nitrogens with one attached hydrogen (secondary N) is 3. The Morgan fingerprint density at radius 1 is 0.750 bits per heavy atom. The Labute approximate surface area is 191 Å². The van der Waals surface area contributed by atoms with Gasteiger partial charge in [-0.05, 0) is 68.4 Å². The third kappa shape index (κ3) is 5.62. The van der Waals surface area contributed by atoms with Gasteiger partial charge in [0, 0.05) is 33.7 Å². The zero-order valence-electron chi connectivity index (χ0n) is 17.7. The van der Waals surface area contributed by atoms with Crippen molar-refractivity contribution in [2.45, 2.75) is 13.8 Å². The minimum absolute atomic E-state index is 0.216. The smallest absolute Gasteiger partial charge is 0.255 e. The fraction of sp³-hybridized carbons (Fsp3) is 0.0800. The van der Waals surface area contributed by atoms with E-state index >= 15 is 0 Å². The maximum Gasteiger partial charge on any atom is 0.255 e. The predicted octanol–water partition coefficient (Wildman–Crippen LogP) is 6.49. The van der Waals surface area contributed by atoms with Crippen LogP contribution in [0.5, 0.6) is 0 Å². The normalized spacial score (nSPS) is 10.5. The summed E-state index contributed by atoms with van der Waals surface area (Å²) in [6.45, 7) is 3.90. The van der Waals surface area contributed by atoms with E-state index in [0.29, 0.717) is 33.7 Å². The van der Waals surface area contributed by atoms with Crippen LogP contribution in [-0.4, -0.2) is 15.9 Å². The van der Waals surface area contributed by atoms with Crippen LogP contribution >= 0.6 is 11.6 Å². The zero-order chi connectivity index (χ0) is 22.5. The van der Waals surface area contributed by atoms with Crippen molar-refractivity contribution in [2.24, 2.45) is 0 Å². The summed E-state index contributed by atoms with van der Waals surface area (Å²) in [6.07, 6.45) is 0. The molecule has 0 aliphatic rings. The van der Waals surface area contributed by atoms with Crippen molar-refractivity contribution in [3.63, 3.8) is 0 Å². The number of carbonyl (C=O) groups excluding carboxylic acids is 1. The van der Waals surface area contributed by atoms with Crippen molar-refractivity contribution in [1.29, 1.82) is 0 Å². The van der Waals surface area contributed by atoms with Crippen molar-refractivity contribution in [1.82, 2.24) is 9.97 Å². The van der Waals surface area contributed by atoms with Gasteiger partial charge in [0.1, 0.15) is 17.5 Å². The number of hydrogen-bond acceptors (Lipinski definition) is 5. The minimum Gasteiger partial charge on any atom is -0.340 e. The first-order chi connectivity index (χ1) is 15.4. The van der Waals surface area contributed by atoms with Crippen molar-refractivity contribution in [3.8, 4) is 0 Å². The van der Waals surface area contributed by atoms with Crippen LogP contribution in [0.1, 0.15) is 21.7 Å². The van der Waals surface area contributed by atoms with Crippen LogP contribution in [0.3, 0.4) is 0 Å². The second-order valence-corrected chi connectivity index (χ2v) is 7.78. The molecule has 3 N–H and O–H groups in total. The second-order valence-electron chi connectivity index (χ2n) is 7.34. The number of halogens is 1. The number of aromatic nitrogens is 2. The lowest BCUT2D eigenvalue weighted by Crippen LogP contribution is -2.11. The summed E-state index contributed by atoms with van der Waals surface area (Å²) in [6, 6.07) is 24.2. The number of hydrogen-bond donors (Lipinski definition) is 3.